The number of hydrogen-bond acceptors (Lipinski definition) is 3. The van der Waals surface area contributed by atoms with Crippen molar-refractivity contribution in [3.05, 3.63) is 0 Å². The average Bonchev–Trinajstić information content (AvgIpc) is 2.28. The monoisotopic (exact) mass is 229 g/mol. The zero-order chi connectivity index (χ0) is 12.4. The third kappa shape index (κ3) is 7.65. The number of carbonyl (C=O) groups excluding carboxylic acids is 1. The van der Waals surface area contributed by atoms with Crippen LogP contribution in [-0.4, -0.2) is 30.4 Å². The van der Waals surface area contributed by atoms with Gasteiger partial charge in [-0.25, -0.2) is 5.84 Å². The molecule has 1 unspecified atom stereocenters. The maximum Gasteiger partial charge on any atom is 0.233 e. The third-order valence-electron chi connectivity index (χ3n) is 3.03. The van der Waals surface area contributed by atoms with E-state index < -0.39 is 0 Å². The topological polar surface area (TPSA) is 58.4 Å². The van der Waals surface area contributed by atoms with Crippen molar-refractivity contribution in [3.63, 3.8) is 0 Å². The summed E-state index contributed by atoms with van der Waals surface area (Å²) in [5, 5.41) is 0. The van der Waals surface area contributed by atoms with Crippen molar-refractivity contribution in [2.24, 2.45) is 5.84 Å². The SMILES string of the molecule is CCCC(C)N(C)CCCCCC(=O)NN. The third-order valence-corrected chi connectivity index (χ3v) is 3.03. The summed E-state index contributed by atoms with van der Waals surface area (Å²) in [6, 6.07) is 0.664. The van der Waals surface area contributed by atoms with Gasteiger partial charge in [-0.1, -0.05) is 19.8 Å². The lowest BCUT2D eigenvalue weighted by atomic mass is 10.1. The molecule has 0 aromatic heterocycles. The van der Waals surface area contributed by atoms with E-state index in [1.165, 1.54) is 12.8 Å². The Balaban J connectivity index is 3.40. The van der Waals surface area contributed by atoms with E-state index in [9.17, 15) is 4.79 Å². The first-order valence-corrected chi connectivity index (χ1v) is 6.31. The summed E-state index contributed by atoms with van der Waals surface area (Å²) in [5.74, 6) is 4.94. The Morgan fingerprint density at radius 2 is 2.06 bits per heavy atom. The van der Waals surface area contributed by atoms with Gasteiger partial charge < -0.3 is 4.90 Å². The Labute approximate surface area is 99.5 Å². The van der Waals surface area contributed by atoms with Gasteiger partial charge >= 0.3 is 0 Å². The van der Waals surface area contributed by atoms with Crippen LogP contribution in [0, 0.1) is 0 Å². The molecular formula is C12H27N3O. The van der Waals surface area contributed by atoms with Crippen LogP contribution in [0.25, 0.3) is 0 Å². The van der Waals surface area contributed by atoms with Crippen molar-refractivity contribution in [2.45, 2.75) is 58.4 Å². The van der Waals surface area contributed by atoms with Crippen LogP contribution in [0.15, 0.2) is 0 Å². The molecule has 4 heteroatoms. The lowest BCUT2D eigenvalue weighted by Gasteiger charge is -2.24. The van der Waals surface area contributed by atoms with E-state index in [0.29, 0.717) is 12.5 Å². The van der Waals surface area contributed by atoms with Crippen LogP contribution < -0.4 is 11.3 Å². The number of hydrogen-bond donors (Lipinski definition) is 2. The van der Waals surface area contributed by atoms with Crippen LogP contribution in [0.5, 0.6) is 0 Å². The van der Waals surface area contributed by atoms with Gasteiger partial charge in [-0.15, -0.1) is 0 Å². The summed E-state index contributed by atoms with van der Waals surface area (Å²) in [7, 11) is 2.17. The minimum atomic E-state index is -0.0623. The zero-order valence-corrected chi connectivity index (χ0v) is 11.0. The number of hydrazine groups is 1. The maximum atomic E-state index is 10.9. The van der Waals surface area contributed by atoms with Gasteiger partial charge in [-0.2, -0.15) is 0 Å². The van der Waals surface area contributed by atoms with Crippen LogP contribution >= 0.6 is 0 Å². The number of amides is 1. The van der Waals surface area contributed by atoms with Gasteiger partial charge in [0.15, 0.2) is 0 Å². The second-order valence-corrected chi connectivity index (χ2v) is 4.50. The van der Waals surface area contributed by atoms with E-state index in [1.807, 2.05) is 0 Å². The van der Waals surface area contributed by atoms with Gasteiger partial charge in [0.1, 0.15) is 0 Å². The number of rotatable bonds is 9. The normalized spacial score (nSPS) is 12.8. The molecule has 1 atom stereocenters. The molecule has 0 saturated carbocycles. The average molecular weight is 229 g/mol. The molecule has 0 saturated heterocycles. The maximum absolute atomic E-state index is 10.9. The molecule has 3 N–H and O–H groups in total. The lowest BCUT2D eigenvalue weighted by Crippen LogP contribution is -2.30. The summed E-state index contributed by atoms with van der Waals surface area (Å²) >= 11 is 0. The summed E-state index contributed by atoms with van der Waals surface area (Å²) in [6.45, 7) is 5.60. The van der Waals surface area contributed by atoms with Crippen molar-refractivity contribution in [3.8, 4) is 0 Å². The van der Waals surface area contributed by atoms with Crippen LogP contribution in [0.1, 0.15) is 52.4 Å². The van der Waals surface area contributed by atoms with E-state index in [4.69, 9.17) is 5.84 Å². The zero-order valence-electron chi connectivity index (χ0n) is 11.0. The van der Waals surface area contributed by atoms with Crippen LogP contribution in [0.4, 0.5) is 0 Å². The van der Waals surface area contributed by atoms with Gasteiger partial charge in [0.25, 0.3) is 0 Å². The van der Waals surface area contributed by atoms with Gasteiger partial charge in [-0.05, 0) is 39.8 Å². The minimum absolute atomic E-state index is 0.0623. The lowest BCUT2D eigenvalue weighted by molar-refractivity contribution is -0.121. The molecule has 0 aliphatic heterocycles. The molecule has 0 rings (SSSR count). The fourth-order valence-corrected chi connectivity index (χ4v) is 1.75. The molecule has 0 aliphatic carbocycles. The second-order valence-electron chi connectivity index (χ2n) is 4.50. The van der Waals surface area contributed by atoms with E-state index in [1.54, 1.807) is 0 Å². The van der Waals surface area contributed by atoms with Crippen molar-refractivity contribution in [1.29, 1.82) is 0 Å². The minimum Gasteiger partial charge on any atom is -0.304 e. The Hall–Kier alpha value is -0.610. The highest BCUT2D eigenvalue weighted by molar-refractivity contribution is 5.74. The van der Waals surface area contributed by atoms with Gasteiger partial charge in [0, 0.05) is 12.5 Å². The molecule has 0 spiro atoms. The smallest absolute Gasteiger partial charge is 0.233 e. The van der Waals surface area contributed by atoms with Crippen molar-refractivity contribution < 1.29 is 4.79 Å². The molecule has 0 fully saturated rings. The summed E-state index contributed by atoms with van der Waals surface area (Å²) in [5.41, 5.74) is 2.15. The van der Waals surface area contributed by atoms with E-state index in [0.717, 1.165) is 25.8 Å². The quantitative estimate of drug-likeness (QED) is 0.273. The predicted molar refractivity (Wildman–Crippen MR) is 67.8 cm³/mol. The van der Waals surface area contributed by atoms with E-state index in [2.05, 4.69) is 31.2 Å². The Bertz CT molecular complexity index is 185. The van der Waals surface area contributed by atoms with E-state index >= 15 is 0 Å². The van der Waals surface area contributed by atoms with Gasteiger partial charge in [-0.3, -0.25) is 10.2 Å². The molecule has 4 nitrogen and oxygen atoms in total. The highest BCUT2D eigenvalue weighted by atomic mass is 16.2. The van der Waals surface area contributed by atoms with Crippen LogP contribution in [0.2, 0.25) is 0 Å². The van der Waals surface area contributed by atoms with Crippen LogP contribution in [0.3, 0.4) is 0 Å². The fourth-order valence-electron chi connectivity index (χ4n) is 1.75. The summed E-state index contributed by atoms with van der Waals surface area (Å²) in [6.07, 6.45) is 6.22. The fraction of sp³-hybridized carbons (Fsp3) is 0.917. The summed E-state index contributed by atoms with van der Waals surface area (Å²) < 4.78 is 0. The molecule has 0 bridgehead atoms. The van der Waals surface area contributed by atoms with Gasteiger partial charge in [0.05, 0.1) is 0 Å². The standard InChI is InChI=1S/C12H27N3O/c1-4-8-11(2)15(3)10-7-5-6-9-12(16)14-13/h11H,4-10,13H2,1-3H3,(H,14,16). The van der Waals surface area contributed by atoms with Gasteiger partial charge in [0.2, 0.25) is 5.91 Å². The first-order valence-electron chi connectivity index (χ1n) is 6.31. The first-order chi connectivity index (χ1) is 7.61. The largest absolute Gasteiger partial charge is 0.304 e. The van der Waals surface area contributed by atoms with E-state index in [-0.39, 0.29) is 5.91 Å². The molecule has 1 amide bonds. The van der Waals surface area contributed by atoms with Crippen molar-refractivity contribution in [1.82, 2.24) is 10.3 Å². The second kappa shape index (κ2) is 9.60. The van der Waals surface area contributed by atoms with Crippen LogP contribution in [-0.2, 0) is 4.79 Å². The first kappa shape index (κ1) is 15.4. The number of carbonyl (C=O) groups is 1. The summed E-state index contributed by atoms with van der Waals surface area (Å²) in [4.78, 5) is 13.3. The molecule has 0 aromatic rings. The molecule has 96 valence electrons. The Morgan fingerprint density at radius 3 is 2.62 bits per heavy atom. The highest BCUT2D eigenvalue weighted by Crippen LogP contribution is 2.07. The molecule has 0 radical (unpaired) electrons. The molecule has 0 heterocycles. The molecule has 0 aromatic carbocycles. The Kier molecular flexibility index (Phi) is 9.24. The molecule has 16 heavy (non-hydrogen) atoms. The number of nitrogens with one attached hydrogen (secondary N) is 1. The Morgan fingerprint density at radius 1 is 1.38 bits per heavy atom. The van der Waals surface area contributed by atoms with Crippen molar-refractivity contribution >= 4 is 5.91 Å². The highest BCUT2D eigenvalue weighted by Gasteiger charge is 2.07. The van der Waals surface area contributed by atoms with Crippen molar-refractivity contribution in [2.75, 3.05) is 13.6 Å². The number of unbranched alkanes of at least 4 members (excludes halogenated alkanes) is 2. The molecule has 0 aliphatic rings. The predicted octanol–water partition coefficient (Wildman–Crippen LogP) is 1.66. The molecular weight excluding hydrogens is 202 g/mol. The number of nitrogens with zero attached hydrogens (tertiary/aromatic N) is 1. The number of nitrogens with two attached hydrogens (primary N) is 1.